The molecule has 0 radical (unpaired) electrons. The molecule has 3 heteroatoms. The summed E-state index contributed by atoms with van der Waals surface area (Å²) < 4.78 is 0. The first-order valence-electron chi connectivity index (χ1n) is 5.13. The quantitative estimate of drug-likeness (QED) is 0.526. The molecule has 1 atom stereocenters. The molecule has 1 N–H and O–H groups in total. The van der Waals surface area contributed by atoms with E-state index in [0.29, 0.717) is 12.0 Å². The molecule has 1 fully saturated rings. The van der Waals surface area contributed by atoms with Gasteiger partial charge in [-0.15, -0.1) is 0 Å². The summed E-state index contributed by atoms with van der Waals surface area (Å²) in [6.07, 6.45) is 2.00. The van der Waals surface area contributed by atoms with Gasteiger partial charge >= 0.3 is 0 Å². The second kappa shape index (κ2) is 4.61. The summed E-state index contributed by atoms with van der Waals surface area (Å²) in [6, 6.07) is 0.606. The van der Waals surface area contributed by atoms with Crippen LogP contribution >= 0.6 is 0 Å². The number of piperidine rings is 1. The number of likely N-dealkylation sites (tertiary alicyclic amines) is 1. The highest BCUT2D eigenvalue weighted by Gasteiger charge is 2.25. The van der Waals surface area contributed by atoms with Gasteiger partial charge in [0.1, 0.15) is 0 Å². The van der Waals surface area contributed by atoms with E-state index in [-0.39, 0.29) is 0 Å². The Labute approximate surface area is 80.4 Å². The highest BCUT2D eigenvalue weighted by atomic mass is 16.4. The van der Waals surface area contributed by atoms with Crippen molar-refractivity contribution in [3.8, 4) is 0 Å². The smallest absolute Gasteiger partial charge is 0.0627 e. The predicted octanol–water partition coefficient (Wildman–Crippen LogP) is 1.96. The molecule has 3 nitrogen and oxygen atoms in total. The van der Waals surface area contributed by atoms with Crippen molar-refractivity contribution in [2.75, 3.05) is 13.1 Å². The van der Waals surface area contributed by atoms with E-state index in [1.165, 1.54) is 0 Å². The summed E-state index contributed by atoms with van der Waals surface area (Å²) in [5, 5.41) is 12.2. The number of oxime groups is 1. The fourth-order valence-electron chi connectivity index (χ4n) is 1.91. The number of rotatable bonds is 2. The minimum Gasteiger partial charge on any atom is -0.411 e. The molecule has 0 bridgehead atoms. The minimum atomic E-state index is 0.459. The summed E-state index contributed by atoms with van der Waals surface area (Å²) in [4.78, 5) is 2.45. The van der Waals surface area contributed by atoms with Crippen LogP contribution < -0.4 is 0 Å². The summed E-state index contributed by atoms with van der Waals surface area (Å²) in [6.45, 7) is 8.67. The Balaban J connectivity index is 2.58. The monoisotopic (exact) mass is 184 g/mol. The van der Waals surface area contributed by atoms with Crippen LogP contribution in [0.5, 0.6) is 0 Å². The van der Waals surface area contributed by atoms with Crippen LogP contribution in [0.1, 0.15) is 33.6 Å². The van der Waals surface area contributed by atoms with Gasteiger partial charge in [0.15, 0.2) is 0 Å². The zero-order chi connectivity index (χ0) is 9.84. The van der Waals surface area contributed by atoms with Crippen molar-refractivity contribution in [1.29, 1.82) is 0 Å². The molecule has 0 aromatic rings. The van der Waals surface area contributed by atoms with Gasteiger partial charge in [-0.25, -0.2) is 0 Å². The van der Waals surface area contributed by atoms with Crippen molar-refractivity contribution in [1.82, 2.24) is 4.90 Å². The molecule has 13 heavy (non-hydrogen) atoms. The SMILES string of the molecule is CCC1CN(C(C)C)CC/C1=N/O. The first-order valence-corrected chi connectivity index (χ1v) is 5.13. The molecule has 1 aliphatic heterocycles. The molecule has 1 aliphatic rings. The van der Waals surface area contributed by atoms with E-state index < -0.39 is 0 Å². The molecule has 0 spiro atoms. The number of nitrogens with zero attached hydrogens (tertiary/aromatic N) is 2. The van der Waals surface area contributed by atoms with Crippen LogP contribution in [0.4, 0.5) is 0 Å². The summed E-state index contributed by atoms with van der Waals surface area (Å²) in [5.41, 5.74) is 0.986. The topological polar surface area (TPSA) is 35.8 Å². The van der Waals surface area contributed by atoms with E-state index in [0.717, 1.165) is 31.6 Å². The first-order chi connectivity index (χ1) is 6.19. The van der Waals surface area contributed by atoms with E-state index in [1.54, 1.807) is 0 Å². The van der Waals surface area contributed by atoms with Crippen molar-refractivity contribution >= 4 is 5.71 Å². The van der Waals surface area contributed by atoms with Gasteiger partial charge in [0.05, 0.1) is 5.71 Å². The molecule has 1 saturated heterocycles. The van der Waals surface area contributed by atoms with E-state index in [2.05, 4.69) is 30.8 Å². The average Bonchev–Trinajstić information content (AvgIpc) is 2.16. The Morgan fingerprint density at radius 1 is 1.62 bits per heavy atom. The normalized spacial score (nSPS) is 28.6. The zero-order valence-corrected chi connectivity index (χ0v) is 8.82. The lowest BCUT2D eigenvalue weighted by molar-refractivity contribution is 0.187. The van der Waals surface area contributed by atoms with Gasteiger partial charge in [-0.2, -0.15) is 0 Å². The lowest BCUT2D eigenvalue weighted by Gasteiger charge is -2.35. The fourth-order valence-corrected chi connectivity index (χ4v) is 1.91. The molecular formula is C10H20N2O. The fraction of sp³-hybridized carbons (Fsp3) is 0.900. The molecule has 1 heterocycles. The summed E-state index contributed by atoms with van der Waals surface area (Å²) >= 11 is 0. The van der Waals surface area contributed by atoms with Crippen molar-refractivity contribution in [2.45, 2.75) is 39.7 Å². The third kappa shape index (κ3) is 2.44. The lowest BCUT2D eigenvalue weighted by Crippen LogP contribution is -2.44. The van der Waals surface area contributed by atoms with Crippen molar-refractivity contribution in [2.24, 2.45) is 11.1 Å². The third-order valence-corrected chi connectivity index (χ3v) is 2.93. The van der Waals surface area contributed by atoms with Gasteiger partial charge in [-0.3, -0.25) is 4.90 Å². The highest BCUT2D eigenvalue weighted by Crippen LogP contribution is 2.18. The zero-order valence-electron chi connectivity index (χ0n) is 8.82. The maximum atomic E-state index is 8.79. The maximum absolute atomic E-state index is 8.79. The minimum absolute atomic E-state index is 0.459. The molecule has 0 aliphatic carbocycles. The van der Waals surface area contributed by atoms with E-state index in [1.807, 2.05) is 0 Å². The largest absolute Gasteiger partial charge is 0.411 e. The predicted molar refractivity (Wildman–Crippen MR) is 54.3 cm³/mol. The van der Waals surface area contributed by atoms with E-state index in [4.69, 9.17) is 5.21 Å². The van der Waals surface area contributed by atoms with Crippen molar-refractivity contribution in [3.63, 3.8) is 0 Å². The van der Waals surface area contributed by atoms with Crippen molar-refractivity contribution < 1.29 is 5.21 Å². The third-order valence-electron chi connectivity index (χ3n) is 2.93. The Morgan fingerprint density at radius 2 is 2.31 bits per heavy atom. The number of hydrogen-bond acceptors (Lipinski definition) is 3. The molecule has 0 saturated carbocycles. The lowest BCUT2D eigenvalue weighted by atomic mass is 9.92. The summed E-state index contributed by atoms with van der Waals surface area (Å²) in [7, 11) is 0. The van der Waals surface area contributed by atoms with Gasteiger partial charge in [-0.05, 0) is 20.3 Å². The molecule has 1 rings (SSSR count). The van der Waals surface area contributed by atoms with Gasteiger partial charge in [0, 0.05) is 31.5 Å². The van der Waals surface area contributed by atoms with Crippen LogP contribution in [0.2, 0.25) is 0 Å². The molecule has 76 valence electrons. The van der Waals surface area contributed by atoms with Crippen LogP contribution in [-0.2, 0) is 0 Å². The van der Waals surface area contributed by atoms with E-state index >= 15 is 0 Å². The molecule has 0 amide bonds. The van der Waals surface area contributed by atoms with Crippen molar-refractivity contribution in [3.05, 3.63) is 0 Å². The van der Waals surface area contributed by atoms with Crippen LogP contribution in [0.15, 0.2) is 5.16 Å². The second-order valence-electron chi connectivity index (χ2n) is 4.04. The Morgan fingerprint density at radius 3 is 2.77 bits per heavy atom. The second-order valence-corrected chi connectivity index (χ2v) is 4.04. The average molecular weight is 184 g/mol. The van der Waals surface area contributed by atoms with Crippen LogP contribution in [0.3, 0.4) is 0 Å². The Bertz CT molecular complexity index is 189. The Hall–Kier alpha value is -0.570. The van der Waals surface area contributed by atoms with Gasteiger partial charge in [0.2, 0.25) is 0 Å². The highest BCUT2D eigenvalue weighted by molar-refractivity contribution is 5.87. The first kappa shape index (κ1) is 10.5. The van der Waals surface area contributed by atoms with Crippen LogP contribution in [0, 0.1) is 5.92 Å². The molecule has 0 aromatic carbocycles. The Kier molecular flexibility index (Phi) is 3.72. The summed E-state index contributed by atoms with van der Waals surface area (Å²) in [5.74, 6) is 0.459. The van der Waals surface area contributed by atoms with E-state index in [9.17, 15) is 0 Å². The van der Waals surface area contributed by atoms with Crippen LogP contribution in [-0.4, -0.2) is 35.0 Å². The molecule has 0 aromatic heterocycles. The number of hydrogen-bond donors (Lipinski definition) is 1. The van der Waals surface area contributed by atoms with Gasteiger partial charge in [-0.1, -0.05) is 12.1 Å². The molecular weight excluding hydrogens is 164 g/mol. The maximum Gasteiger partial charge on any atom is 0.0627 e. The van der Waals surface area contributed by atoms with Gasteiger partial charge < -0.3 is 5.21 Å². The standard InChI is InChI=1S/C10H20N2O/c1-4-9-7-12(8(2)3)6-5-10(9)11-13/h8-9,13H,4-7H2,1-3H3/b11-10-. The molecule has 1 unspecified atom stereocenters. The van der Waals surface area contributed by atoms with Gasteiger partial charge in [0.25, 0.3) is 0 Å². The van der Waals surface area contributed by atoms with Crippen LogP contribution in [0.25, 0.3) is 0 Å².